The molecule has 0 aromatic heterocycles. The number of nitrogens with two attached hydrogens (primary N) is 1. The minimum absolute atomic E-state index is 0.0271. The largest absolute Gasteiger partial charge is 0.495 e. The molecule has 1 unspecified atom stereocenters. The van der Waals surface area contributed by atoms with Crippen molar-refractivity contribution >= 4 is 10.0 Å². The molecule has 1 saturated carbocycles. The topological polar surface area (TPSA) is 90.6 Å². The smallest absolute Gasteiger partial charge is 0.248 e. The first kappa shape index (κ1) is 18.0. The highest BCUT2D eigenvalue weighted by atomic mass is 32.2. The Morgan fingerprint density at radius 2 is 1.74 bits per heavy atom. The van der Waals surface area contributed by atoms with E-state index in [1.807, 2.05) is 0 Å². The molecule has 130 valence electrons. The van der Waals surface area contributed by atoms with Gasteiger partial charge in [0.2, 0.25) is 10.0 Å². The van der Waals surface area contributed by atoms with E-state index in [1.54, 1.807) is 18.2 Å². The minimum atomic E-state index is -3.79. The van der Waals surface area contributed by atoms with E-state index in [9.17, 15) is 8.42 Å². The summed E-state index contributed by atoms with van der Waals surface area (Å²) in [6.07, 6.45) is 5.48. The van der Waals surface area contributed by atoms with E-state index in [2.05, 4.69) is 4.72 Å². The molecule has 1 aromatic rings. The fourth-order valence-corrected chi connectivity index (χ4v) is 4.85. The van der Waals surface area contributed by atoms with Crippen molar-refractivity contribution in [3.05, 3.63) is 18.2 Å². The Bertz CT molecular complexity index is 590. The Morgan fingerprint density at radius 1 is 1.17 bits per heavy atom. The zero-order valence-corrected chi connectivity index (χ0v) is 14.6. The summed E-state index contributed by atoms with van der Waals surface area (Å²) in [6.45, 7) is 0.279. The van der Waals surface area contributed by atoms with Crippen LogP contribution in [0.5, 0.6) is 11.5 Å². The second kappa shape index (κ2) is 7.99. The van der Waals surface area contributed by atoms with Gasteiger partial charge >= 0.3 is 0 Å². The molecule has 1 aromatic carbocycles. The van der Waals surface area contributed by atoms with E-state index >= 15 is 0 Å². The van der Waals surface area contributed by atoms with Crippen molar-refractivity contribution in [2.45, 2.75) is 43.0 Å². The second-order valence-electron chi connectivity index (χ2n) is 5.85. The van der Waals surface area contributed by atoms with Gasteiger partial charge in [0, 0.05) is 12.6 Å². The van der Waals surface area contributed by atoms with Gasteiger partial charge in [0.15, 0.2) is 4.90 Å². The van der Waals surface area contributed by atoms with E-state index in [0.29, 0.717) is 0 Å². The lowest BCUT2D eigenvalue weighted by Gasteiger charge is -2.30. The quantitative estimate of drug-likeness (QED) is 0.790. The molecule has 2 rings (SSSR count). The monoisotopic (exact) mass is 342 g/mol. The third-order valence-electron chi connectivity index (χ3n) is 4.43. The summed E-state index contributed by atoms with van der Waals surface area (Å²) in [5, 5.41) is 0. The molecule has 1 aliphatic carbocycles. The Morgan fingerprint density at radius 3 is 2.22 bits per heavy atom. The number of hydrogen-bond donors (Lipinski definition) is 2. The highest BCUT2D eigenvalue weighted by Gasteiger charge is 2.31. The van der Waals surface area contributed by atoms with E-state index in [4.69, 9.17) is 15.2 Å². The maximum Gasteiger partial charge on any atom is 0.248 e. The van der Waals surface area contributed by atoms with Gasteiger partial charge in [-0.25, -0.2) is 13.1 Å². The molecular formula is C16H26N2O4S. The van der Waals surface area contributed by atoms with E-state index in [0.717, 1.165) is 25.7 Å². The predicted octanol–water partition coefficient (Wildman–Crippen LogP) is 1.89. The molecule has 6 nitrogen and oxygen atoms in total. The van der Waals surface area contributed by atoms with Crippen LogP contribution in [-0.2, 0) is 10.0 Å². The SMILES string of the molecule is COc1cccc(OC)c1S(=O)(=O)NC(CN)C1CCCCC1. The van der Waals surface area contributed by atoms with E-state index in [-0.39, 0.29) is 34.9 Å². The summed E-state index contributed by atoms with van der Waals surface area (Å²) >= 11 is 0. The standard InChI is InChI=1S/C16H26N2O4S/c1-21-14-9-6-10-15(22-2)16(14)23(19,20)18-13(11-17)12-7-4-3-5-8-12/h6,9-10,12-13,18H,3-5,7-8,11,17H2,1-2H3. The van der Waals surface area contributed by atoms with Crippen LogP contribution in [-0.4, -0.2) is 35.2 Å². The van der Waals surface area contributed by atoms with Gasteiger partial charge < -0.3 is 15.2 Å². The average Bonchev–Trinajstić information content (AvgIpc) is 2.59. The van der Waals surface area contributed by atoms with Gasteiger partial charge in [-0.05, 0) is 30.9 Å². The van der Waals surface area contributed by atoms with Crippen LogP contribution in [0.15, 0.2) is 23.1 Å². The molecule has 0 bridgehead atoms. The number of ether oxygens (including phenoxy) is 2. The molecule has 0 spiro atoms. The number of hydrogen-bond acceptors (Lipinski definition) is 5. The lowest BCUT2D eigenvalue weighted by atomic mass is 9.84. The van der Waals surface area contributed by atoms with Crippen LogP contribution in [0.4, 0.5) is 0 Å². The van der Waals surface area contributed by atoms with Gasteiger partial charge in [0.1, 0.15) is 11.5 Å². The molecule has 0 saturated heterocycles. The average molecular weight is 342 g/mol. The molecule has 0 amide bonds. The van der Waals surface area contributed by atoms with Crippen molar-refractivity contribution in [2.75, 3.05) is 20.8 Å². The molecule has 1 aliphatic rings. The van der Waals surface area contributed by atoms with Gasteiger partial charge in [0.05, 0.1) is 14.2 Å². The van der Waals surface area contributed by atoms with Crippen LogP contribution in [0.1, 0.15) is 32.1 Å². The summed E-state index contributed by atoms with van der Waals surface area (Å²) < 4.78 is 38.9. The zero-order valence-electron chi connectivity index (χ0n) is 13.7. The highest BCUT2D eigenvalue weighted by molar-refractivity contribution is 7.89. The third-order valence-corrected chi connectivity index (χ3v) is 5.98. The number of sulfonamides is 1. The molecule has 3 N–H and O–H groups in total. The van der Waals surface area contributed by atoms with Crippen molar-refractivity contribution in [2.24, 2.45) is 11.7 Å². The first-order chi connectivity index (χ1) is 11.0. The number of rotatable bonds is 7. The third kappa shape index (κ3) is 4.16. The summed E-state index contributed by atoms with van der Waals surface area (Å²) in [4.78, 5) is 0.0271. The fourth-order valence-electron chi connectivity index (χ4n) is 3.21. The fraction of sp³-hybridized carbons (Fsp3) is 0.625. The lowest BCUT2D eigenvalue weighted by molar-refractivity contribution is 0.293. The Balaban J connectivity index is 2.30. The highest BCUT2D eigenvalue weighted by Crippen LogP contribution is 2.34. The first-order valence-corrected chi connectivity index (χ1v) is 9.45. The normalized spacial score (nSPS) is 17.7. The van der Waals surface area contributed by atoms with Crippen molar-refractivity contribution in [3.63, 3.8) is 0 Å². The van der Waals surface area contributed by atoms with Gasteiger partial charge in [0.25, 0.3) is 0 Å². The van der Waals surface area contributed by atoms with Crippen molar-refractivity contribution in [1.29, 1.82) is 0 Å². The van der Waals surface area contributed by atoms with Crippen molar-refractivity contribution < 1.29 is 17.9 Å². The Hall–Kier alpha value is -1.31. The molecule has 1 fully saturated rings. The predicted molar refractivity (Wildman–Crippen MR) is 89.3 cm³/mol. The molecule has 0 aliphatic heterocycles. The first-order valence-electron chi connectivity index (χ1n) is 7.97. The van der Waals surface area contributed by atoms with E-state index in [1.165, 1.54) is 20.6 Å². The molecule has 23 heavy (non-hydrogen) atoms. The van der Waals surface area contributed by atoms with Crippen LogP contribution < -0.4 is 19.9 Å². The van der Waals surface area contributed by atoms with Gasteiger partial charge in [-0.2, -0.15) is 0 Å². The molecular weight excluding hydrogens is 316 g/mol. The number of nitrogens with one attached hydrogen (secondary N) is 1. The Kier molecular flexibility index (Phi) is 6.26. The van der Waals surface area contributed by atoms with Gasteiger partial charge in [-0.15, -0.1) is 0 Å². The van der Waals surface area contributed by atoms with Crippen molar-refractivity contribution in [1.82, 2.24) is 4.72 Å². The number of benzene rings is 1. The molecule has 0 radical (unpaired) electrons. The lowest BCUT2D eigenvalue weighted by Crippen LogP contribution is -2.45. The summed E-state index contributed by atoms with van der Waals surface area (Å²) in [7, 11) is -0.907. The zero-order chi connectivity index (χ0) is 16.9. The molecule has 1 atom stereocenters. The minimum Gasteiger partial charge on any atom is -0.495 e. The summed E-state index contributed by atoms with van der Waals surface area (Å²) in [6, 6.07) is 4.64. The maximum atomic E-state index is 12.9. The summed E-state index contributed by atoms with van der Waals surface area (Å²) in [5.41, 5.74) is 5.84. The summed E-state index contributed by atoms with van der Waals surface area (Å²) in [5.74, 6) is 0.803. The molecule has 7 heteroatoms. The maximum absolute atomic E-state index is 12.9. The van der Waals surface area contributed by atoms with Crippen LogP contribution in [0.25, 0.3) is 0 Å². The van der Waals surface area contributed by atoms with E-state index < -0.39 is 10.0 Å². The van der Waals surface area contributed by atoms with Crippen molar-refractivity contribution in [3.8, 4) is 11.5 Å². The molecule has 0 heterocycles. The second-order valence-corrected chi connectivity index (χ2v) is 7.50. The van der Waals surface area contributed by atoms with Crippen LogP contribution in [0, 0.1) is 5.92 Å². The van der Waals surface area contributed by atoms with Gasteiger partial charge in [-0.3, -0.25) is 0 Å². The Labute approximate surface area is 138 Å². The van der Waals surface area contributed by atoms with Gasteiger partial charge in [-0.1, -0.05) is 25.3 Å². The van der Waals surface area contributed by atoms with Crippen LogP contribution in [0.2, 0.25) is 0 Å². The van der Waals surface area contributed by atoms with Crippen LogP contribution >= 0.6 is 0 Å². The number of methoxy groups -OCH3 is 2. The van der Waals surface area contributed by atoms with Crippen LogP contribution in [0.3, 0.4) is 0 Å².